The van der Waals surface area contributed by atoms with Crippen molar-refractivity contribution in [3.63, 3.8) is 0 Å². The van der Waals surface area contributed by atoms with E-state index < -0.39 is 0 Å². The summed E-state index contributed by atoms with van der Waals surface area (Å²) in [4.78, 5) is 10.0. The number of hydrogen-bond acceptors (Lipinski definition) is 1. The zero-order chi connectivity index (χ0) is 28.1. The van der Waals surface area contributed by atoms with Crippen LogP contribution in [0.3, 0.4) is 0 Å². The van der Waals surface area contributed by atoms with Crippen LogP contribution in [0.2, 0.25) is 0 Å². The Labute approximate surface area is 239 Å². The predicted molar refractivity (Wildman–Crippen MR) is 172 cm³/mol. The summed E-state index contributed by atoms with van der Waals surface area (Å²) in [6, 6.07) is 41.6. The van der Waals surface area contributed by atoms with Gasteiger partial charge >= 0.3 is 0 Å². The number of rotatable bonds is 3. The van der Waals surface area contributed by atoms with Gasteiger partial charge in [0.05, 0.1) is 16.7 Å². The molecule has 198 valence electrons. The maximum atomic E-state index is 6.62. The highest BCUT2D eigenvalue weighted by Gasteiger charge is 2.36. The van der Waals surface area contributed by atoms with Crippen molar-refractivity contribution in [2.75, 3.05) is 0 Å². The van der Waals surface area contributed by atoms with Crippen LogP contribution in [0.15, 0.2) is 138 Å². The molecule has 0 unspecified atom stereocenters. The maximum Gasteiger partial charge on any atom is 0.237 e. The van der Waals surface area contributed by atoms with E-state index in [4.69, 9.17) is 15.7 Å². The molecule has 2 N–H and O–H groups in total. The minimum atomic E-state index is -0.140. The normalized spacial score (nSPS) is 14.3. The molecule has 0 saturated carbocycles. The van der Waals surface area contributed by atoms with Gasteiger partial charge in [0.2, 0.25) is 5.96 Å². The largest absolute Gasteiger partial charge is 0.383 e. The summed E-state index contributed by atoms with van der Waals surface area (Å²) in [6.45, 7) is 8.91. The van der Waals surface area contributed by atoms with Crippen LogP contribution in [0.25, 0.3) is 38.6 Å². The van der Waals surface area contributed by atoms with E-state index in [2.05, 4.69) is 85.7 Å². The van der Waals surface area contributed by atoms with Gasteiger partial charge in [0.1, 0.15) is 5.84 Å². The zero-order valence-corrected chi connectivity index (χ0v) is 23.2. The van der Waals surface area contributed by atoms with Crippen molar-refractivity contribution in [2.45, 2.75) is 19.3 Å². The predicted octanol–water partition coefficient (Wildman–Crippen LogP) is 8.38. The van der Waals surface area contributed by atoms with Gasteiger partial charge in [-0.05, 0) is 46.0 Å². The third-order valence-electron chi connectivity index (χ3n) is 8.21. The third kappa shape index (κ3) is 3.99. The second-order valence-electron chi connectivity index (χ2n) is 11.0. The van der Waals surface area contributed by atoms with Crippen LogP contribution in [0.4, 0.5) is 0 Å². The number of nitrogens with two attached hydrogens (primary N) is 1. The molecule has 5 aromatic carbocycles. The van der Waals surface area contributed by atoms with E-state index in [-0.39, 0.29) is 5.41 Å². The van der Waals surface area contributed by atoms with E-state index in [0.29, 0.717) is 17.5 Å². The number of benzene rings is 5. The van der Waals surface area contributed by atoms with Crippen LogP contribution in [-0.2, 0) is 5.41 Å². The molecule has 1 aromatic heterocycles. The van der Waals surface area contributed by atoms with Gasteiger partial charge in [0, 0.05) is 21.8 Å². The lowest BCUT2D eigenvalue weighted by atomic mass is 9.82. The monoisotopic (exact) mass is 530 g/mol. The smallest absolute Gasteiger partial charge is 0.237 e. The van der Waals surface area contributed by atoms with Crippen molar-refractivity contribution >= 4 is 39.3 Å². The van der Waals surface area contributed by atoms with Crippen LogP contribution in [0, 0.1) is 0 Å². The van der Waals surface area contributed by atoms with Crippen LogP contribution >= 0.6 is 0 Å². The molecule has 0 radical (unpaired) electrons. The zero-order valence-electron chi connectivity index (χ0n) is 23.2. The van der Waals surface area contributed by atoms with Crippen molar-refractivity contribution in [1.82, 2.24) is 4.57 Å². The molecule has 4 heteroatoms. The molecular formula is C37H30N4. The first kappa shape index (κ1) is 24.8. The van der Waals surface area contributed by atoms with E-state index in [1.165, 1.54) is 22.3 Å². The van der Waals surface area contributed by atoms with E-state index in [1.807, 2.05) is 60.7 Å². The van der Waals surface area contributed by atoms with Gasteiger partial charge in [0.15, 0.2) is 0 Å². The molecule has 1 aliphatic carbocycles. The van der Waals surface area contributed by atoms with Gasteiger partial charge in [-0.1, -0.05) is 124 Å². The van der Waals surface area contributed by atoms with E-state index in [0.717, 1.165) is 32.9 Å². The fourth-order valence-corrected chi connectivity index (χ4v) is 6.10. The molecule has 0 fully saturated rings. The van der Waals surface area contributed by atoms with Gasteiger partial charge in [-0.25, -0.2) is 4.99 Å². The molecule has 7 rings (SSSR count). The van der Waals surface area contributed by atoms with Crippen molar-refractivity contribution in [3.8, 4) is 11.1 Å². The Morgan fingerprint density at radius 2 is 1.27 bits per heavy atom. The van der Waals surface area contributed by atoms with E-state index in [9.17, 15) is 0 Å². The standard InChI is InChI=1S/C37H30N4/c1-24(25-14-6-4-7-15-25)39-36(40-35(38)26-16-8-5-9-17-26)41-33-21-13-11-19-28(33)30-22-29-27-18-10-12-20-31(27)37(2,3)32(29)23-34(30)41/h4-23H,1H2,2-3H3,(H2,38,39,40). The highest BCUT2D eigenvalue weighted by atomic mass is 15.2. The van der Waals surface area contributed by atoms with E-state index in [1.54, 1.807) is 0 Å². The van der Waals surface area contributed by atoms with Crippen molar-refractivity contribution in [2.24, 2.45) is 15.7 Å². The molecule has 0 saturated heterocycles. The molecule has 41 heavy (non-hydrogen) atoms. The highest BCUT2D eigenvalue weighted by Crippen LogP contribution is 2.50. The van der Waals surface area contributed by atoms with Crippen LogP contribution in [-0.4, -0.2) is 16.4 Å². The van der Waals surface area contributed by atoms with Gasteiger partial charge < -0.3 is 5.73 Å². The highest BCUT2D eigenvalue weighted by molar-refractivity contribution is 6.18. The Kier molecular flexibility index (Phi) is 5.72. The summed E-state index contributed by atoms with van der Waals surface area (Å²) in [7, 11) is 0. The molecule has 4 nitrogen and oxygen atoms in total. The second-order valence-corrected chi connectivity index (χ2v) is 11.0. The summed E-state index contributed by atoms with van der Waals surface area (Å²) in [5, 5.41) is 2.29. The Balaban J connectivity index is 1.53. The number of hydrogen-bond donors (Lipinski definition) is 1. The first-order valence-electron chi connectivity index (χ1n) is 13.8. The van der Waals surface area contributed by atoms with Crippen molar-refractivity contribution in [3.05, 3.63) is 150 Å². The SMILES string of the molecule is C=C(/N=C(\N=C(/N)c1ccccc1)n1c2ccccc2c2cc3c(cc21)C(C)(C)c1ccccc1-3)c1ccccc1. The van der Waals surface area contributed by atoms with Crippen LogP contribution in [0.1, 0.15) is 36.1 Å². The van der Waals surface area contributed by atoms with Crippen LogP contribution < -0.4 is 5.73 Å². The molecule has 1 aliphatic rings. The number of amidine groups is 1. The Hall–Kier alpha value is -5.22. The minimum absolute atomic E-state index is 0.140. The molecule has 0 amide bonds. The van der Waals surface area contributed by atoms with Gasteiger partial charge in [-0.2, -0.15) is 4.99 Å². The average Bonchev–Trinajstić information content (AvgIpc) is 3.45. The van der Waals surface area contributed by atoms with Crippen LogP contribution in [0.5, 0.6) is 0 Å². The minimum Gasteiger partial charge on any atom is -0.383 e. The average molecular weight is 531 g/mol. The fraction of sp³-hybridized carbons (Fsp3) is 0.0811. The van der Waals surface area contributed by atoms with E-state index >= 15 is 0 Å². The Morgan fingerprint density at radius 1 is 0.634 bits per heavy atom. The number of fused-ring (bicyclic) bond motifs is 6. The first-order valence-corrected chi connectivity index (χ1v) is 13.8. The molecule has 0 spiro atoms. The lowest BCUT2D eigenvalue weighted by Crippen LogP contribution is -2.20. The van der Waals surface area contributed by atoms with Gasteiger partial charge in [-0.15, -0.1) is 0 Å². The lowest BCUT2D eigenvalue weighted by molar-refractivity contribution is 0.661. The first-order chi connectivity index (χ1) is 19.9. The maximum absolute atomic E-state index is 6.62. The third-order valence-corrected chi connectivity index (χ3v) is 8.21. The topological polar surface area (TPSA) is 55.7 Å². The van der Waals surface area contributed by atoms with Gasteiger partial charge in [0.25, 0.3) is 0 Å². The molecule has 0 aliphatic heterocycles. The lowest BCUT2D eigenvalue weighted by Gasteiger charge is -2.21. The number of aromatic nitrogens is 1. The molecule has 0 bridgehead atoms. The summed E-state index contributed by atoms with van der Waals surface area (Å²) >= 11 is 0. The summed E-state index contributed by atoms with van der Waals surface area (Å²) in [5.41, 5.74) is 16.1. The Morgan fingerprint density at radius 3 is 2.02 bits per heavy atom. The quantitative estimate of drug-likeness (QED) is 0.181. The second kappa shape index (κ2) is 9.46. The fourth-order valence-electron chi connectivity index (χ4n) is 6.10. The summed E-state index contributed by atoms with van der Waals surface area (Å²) < 4.78 is 2.13. The van der Waals surface area contributed by atoms with Crippen molar-refractivity contribution < 1.29 is 0 Å². The Bertz CT molecular complexity index is 2030. The molecule has 1 heterocycles. The number of nitrogens with zero attached hydrogens (tertiary/aromatic N) is 3. The number of para-hydroxylation sites is 1. The molecule has 0 atom stereocenters. The molecular weight excluding hydrogens is 500 g/mol. The van der Waals surface area contributed by atoms with Gasteiger partial charge in [-0.3, -0.25) is 4.57 Å². The molecule has 6 aromatic rings. The number of aliphatic imine (C=N–C) groups is 2. The van der Waals surface area contributed by atoms with Crippen molar-refractivity contribution in [1.29, 1.82) is 0 Å². The summed E-state index contributed by atoms with van der Waals surface area (Å²) in [6.07, 6.45) is 0. The summed E-state index contributed by atoms with van der Waals surface area (Å²) in [5.74, 6) is 0.865.